The van der Waals surface area contributed by atoms with Crippen molar-refractivity contribution in [3.8, 4) is 0 Å². The van der Waals surface area contributed by atoms with E-state index in [0.717, 1.165) is 9.04 Å². The molecule has 4 rings (SSSR count). The lowest BCUT2D eigenvalue weighted by Crippen LogP contribution is -2.52. The second-order valence-corrected chi connectivity index (χ2v) is 12.4. The van der Waals surface area contributed by atoms with Crippen molar-refractivity contribution in [2.24, 2.45) is 14.1 Å². The van der Waals surface area contributed by atoms with Crippen LogP contribution in [0.15, 0.2) is 49.6 Å². The molecule has 2 aromatic heterocycles. The monoisotopic (exact) mass is 598 g/mol. The molecule has 202 valence electrons. The van der Waals surface area contributed by atoms with Crippen LogP contribution in [0.1, 0.15) is 0 Å². The zero-order valence-electron chi connectivity index (χ0n) is 20.7. The van der Waals surface area contributed by atoms with Gasteiger partial charge in [0.05, 0.1) is 35.7 Å². The van der Waals surface area contributed by atoms with Gasteiger partial charge in [0.25, 0.3) is 5.56 Å². The van der Waals surface area contributed by atoms with E-state index in [2.05, 4.69) is 20.9 Å². The van der Waals surface area contributed by atoms with Gasteiger partial charge in [-0.3, -0.25) is 23.7 Å². The van der Waals surface area contributed by atoms with Crippen LogP contribution in [0.5, 0.6) is 0 Å². The number of aliphatic hydroxyl groups is 2. The number of sulfone groups is 1. The number of aryl methyl sites for hydroxylation is 2. The highest BCUT2D eigenvalue weighted by Crippen LogP contribution is 2.17. The number of hydrogen-bond acceptors (Lipinski definition) is 9. The third-order valence-corrected chi connectivity index (χ3v) is 8.92. The molecular formula is C23H31BrN6O6S. The number of hydrogen-bond donors (Lipinski definition) is 2. The topological polar surface area (TPSA) is 143 Å². The first kappa shape index (κ1) is 27.7. The van der Waals surface area contributed by atoms with Crippen molar-refractivity contribution in [2.45, 2.75) is 23.6 Å². The molecule has 2 unspecified atom stereocenters. The third kappa shape index (κ3) is 6.21. The number of halogens is 1. The molecule has 1 fully saturated rings. The normalized spacial score (nSPS) is 17.3. The summed E-state index contributed by atoms with van der Waals surface area (Å²) in [5.41, 5.74) is -0.434. The molecule has 0 spiro atoms. The number of benzene rings is 1. The smallest absolute Gasteiger partial charge is 0.332 e. The number of fused-ring (bicyclic) bond motifs is 1. The second kappa shape index (κ2) is 11.2. The molecule has 14 heteroatoms. The zero-order valence-corrected chi connectivity index (χ0v) is 23.1. The van der Waals surface area contributed by atoms with E-state index < -0.39 is 33.3 Å². The van der Waals surface area contributed by atoms with Crippen LogP contribution in [-0.2, 0) is 30.5 Å². The van der Waals surface area contributed by atoms with Crippen LogP contribution in [-0.4, -0.2) is 104 Å². The highest BCUT2D eigenvalue weighted by molar-refractivity contribution is 9.10. The number of piperazine rings is 1. The van der Waals surface area contributed by atoms with E-state index in [1.807, 2.05) is 9.80 Å². The Morgan fingerprint density at radius 1 is 0.946 bits per heavy atom. The van der Waals surface area contributed by atoms with Gasteiger partial charge in [-0.15, -0.1) is 0 Å². The summed E-state index contributed by atoms with van der Waals surface area (Å²) < 4.78 is 29.8. The van der Waals surface area contributed by atoms with Crippen molar-refractivity contribution < 1.29 is 18.6 Å². The Bertz CT molecular complexity index is 1470. The van der Waals surface area contributed by atoms with Crippen LogP contribution < -0.4 is 11.2 Å². The predicted molar refractivity (Wildman–Crippen MR) is 141 cm³/mol. The highest BCUT2D eigenvalue weighted by atomic mass is 79.9. The molecule has 3 aromatic rings. The van der Waals surface area contributed by atoms with Gasteiger partial charge in [-0.1, -0.05) is 15.9 Å². The molecule has 0 bridgehead atoms. The molecule has 0 aliphatic carbocycles. The lowest BCUT2D eigenvalue weighted by molar-refractivity contribution is 0.0475. The molecule has 2 N–H and O–H groups in total. The number of nitrogens with zero attached hydrogens (tertiary/aromatic N) is 6. The van der Waals surface area contributed by atoms with Gasteiger partial charge < -0.3 is 14.8 Å². The Morgan fingerprint density at radius 3 is 2.11 bits per heavy atom. The molecule has 37 heavy (non-hydrogen) atoms. The van der Waals surface area contributed by atoms with Crippen LogP contribution in [0.4, 0.5) is 0 Å². The highest BCUT2D eigenvalue weighted by Gasteiger charge is 2.25. The van der Waals surface area contributed by atoms with Crippen LogP contribution in [0.25, 0.3) is 11.2 Å². The second-order valence-electron chi connectivity index (χ2n) is 9.43. The molecule has 0 radical (unpaired) electrons. The van der Waals surface area contributed by atoms with Gasteiger partial charge in [0.2, 0.25) is 0 Å². The SMILES string of the molecule is Cn1cnc2c1c(=O)n(CC(O)CN1CCN(CC(O)CS(=O)(=O)c3ccc(Br)cc3)CC1)c(=O)n2C. The minimum Gasteiger partial charge on any atom is -0.391 e. The first-order valence-electron chi connectivity index (χ1n) is 11.9. The van der Waals surface area contributed by atoms with Gasteiger partial charge in [0.15, 0.2) is 21.0 Å². The third-order valence-electron chi connectivity index (χ3n) is 6.58. The average Bonchev–Trinajstić information content (AvgIpc) is 3.23. The zero-order chi connectivity index (χ0) is 26.9. The van der Waals surface area contributed by atoms with Crippen LogP contribution in [0.2, 0.25) is 0 Å². The molecule has 1 saturated heterocycles. The number of β-amino-alcohol motifs (C(OH)–C–C–N with tert-alkyl or cyclic N) is 2. The maximum absolute atomic E-state index is 12.9. The van der Waals surface area contributed by atoms with E-state index in [1.165, 1.54) is 30.1 Å². The van der Waals surface area contributed by atoms with Crippen molar-refractivity contribution in [1.29, 1.82) is 0 Å². The van der Waals surface area contributed by atoms with Crippen molar-refractivity contribution in [1.82, 2.24) is 28.5 Å². The van der Waals surface area contributed by atoms with Crippen molar-refractivity contribution in [3.05, 3.63) is 55.9 Å². The van der Waals surface area contributed by atoms with Gasteiger partial charge >= 0.3 is 5.69 Å². The molecule has 1 aliphatic heterocycles. The minimum absolute atomic E-state index is 0.139. The fourth-order valence-corrected chi connectivity index (χ4v) is 6.24. The van der Waals surface area contributed by atoms with E-state index in [-0.39, 0.29) is 30.3 Å². The van der Waals surface area contributed by atoms with Crippen LogP contribution in [0, 0.1) is 0 Å². The first-order valence-corrected chi connectivity index (χ1v) is 14.3. The molecule has 1 aliphatic rings. The van der Waals surface area contributed by atoms with E-state index in [1.54, 1.807) is 23.7 Å². The summed E-state index contributed by atoms with van der Waals surface area (Å²) in [6.45, 7) is 2.72. The summed E-state index contributed by atoms with van der Waals surface area (Å²) in [4.78, 5) is 33.8. The summed E-state index contributed by atoms with van der Waals surface area (Å²) in [7, 11) is -0.393. The number of rotatable bonds is 9. The summed E-state index contributed by atoms with van der Waals surface area (Å²) in [5.74, 6) is -0.363. The fraction of sp³-hybridized carbons (Fsp3) is 0.522. The maximum Gasteiger partial charge on any atom is 0.332 e. The predicted octanol–water partition coefficient (Wildman–Crippen LogP) is -0.990. The van der Waals surface area contributed by atoms with Crippen molar-refractivity contribution in [3.63, 3.8) is 0 Å². The minimum atomic E-state index is -3.61. The quantitative estimate of drug-likeness (QED) is 0.317. The van der Waals surface area contributed by atoms with E-state index in [9.17, 15) is 28.2 Å². The molecule has 12 nitrogen and oxygen atoms in total. The first-order chi connectivity index (χ1) is 17.5. The molecule has 0 amide bonds. The van der Waals surface area contributed by atoms with E-state index in [4.69, 9.17) is 0 Å². The summed E-state index contributed by atoms with van der Waals surface area (Å²) in [6, 6.07) is 6.32. The molecular weight excluding hydrogens is 568 g/mol. The number of aromatic nitrogens is 4. The van der Waals surface area contributed by atoms with Crippen LogP contribution in [0.3, 0.4) is 0 Å². The van der Waals surface area contributed by atoms with Crippen LogP contribution >= 0.6 is 15.9 Å². The lowest BCUT2D eigenvalue weighted by Gasteiger charge is -2.36. The largest absolute Gasteiger partial charge is 0.391 e. The number of aliphatic hydroxyl groups excluding tert-OH is 2. The van der Waals surface area contributed by atoms with Gasteiger partial charge in [-0.2, -0.15) is 0 Å². The van der Waals surface area contributed by atoms with E-state index >= 15 is 0 Å². The van der Waals surface area contributed by atoms with Crippen molar-refractivity contribution >= 4 is 36.9 Å². The Kier molecular flexibility index (Phi) is 8.35. The molecule has 2 atom stereocenters. The Morgan fingerprint density at radius 2 is 1.51 bits per heavy atom. The van der Waals surface area contributed by atoms with Gasteiger partial charge in [0, 0.05) is 57.8 Å². The molecule has 1 aromatic carbocycles. The van der Waals surface area contributed by atoms with Gasteiger partial charge in [0.1, 0.15) is 0 Å². The van der Waals surface area contributed by atoms with Gasteiger partial charge in [-0.25, -0.2) is 18.2 Å². The van der Waals surface area contributed by atoms with Crippen molar-refractivity contribution in [2.75, 3.05) is 45.0 Å². The Labute approximate surface area is 222 Å². The Balaban J connectivity index is 1.29. The van der Waals surface area contributed by atoms with E-state index in [0.29, 0.717) is 37.3 Å². The Hall–Kier alpha value is -2.36. The molecule has 0 saturated carbocycles. The maximum atomic E-state index is 12.9. The molecule has 3 heterocycles. The summed E-state index contributed by atoms with van der Waals surface area (Å²) in [5, 5.41) is 21.1. The standard InChI is InChI=1S/C23H31BrN6O6S/c1-26-15-25-21-20(26)22(33)30(23(34)27(21)2)13-17(31)11-28-7-9-29(10-8-28)12-18(32)14-37(35,36)19-5-3-16(24)4-6-19/h3-6,15,17-18,31-32H,7-14H2,1-2H3. The average molecular weight is 600 g/mol. The lowest BCUT2D eigenvalue weighted by atomic mass is 10.2. The van der Waals surface area contributed by atoms with Gasteiger partial charge in [-0.05, 0) is 24.3 Å². The summed E-state index contributed by atoms with van der Waals surface area (Å²) >= 11 is 3.28. The summed E-state index contributed by atoms with van der Waals surface area (Å²) in [6.07, 6.45) is -0.501. The number of imidazole rings is 1. The fourth-order valence-electron chi connectivity index (χ4n) is 4.62.